The number of carbonyl (C=O) groups is 2. The Morgan fingerprint density at radius 1 is 1.07 bits per heavy atom. The molecule has 3 atom stereocenters. The zero-order chi connectivity index (χ0) is 28.3. The first-order chi connectivity index (χ1) is 19.8. The highest BCUT2D eigenvalue weighted by molar-refractivity contribution is 6.31. The van der Waals surface area contributed by atoms with E-state index in [9.17, 15) is 9.59 Å². The van der Waals surface area contributed by atoms with Gasteiger partial charge in [0, 0.05) is 41.6 Å². The number of esters is 1. The topological polar surface area (TPSA) is 87.0 Å². The second-order valence-corrected chi connectivity index (χ2v) is 11.8. The highest BCUT2D eigenvalue weighted by Gasteiger charge is 2.65. The molecule has 2 aromatic heterocycles. The first-order valence-electron chi connectivity index (χ1n) is 14.2. The minimum Gasteiger partial charge on any atom is -0.427 e. The third kappa shape index (κ3) is 3.01. The summed E-state index contributed by atoms with van der Waals surface area (Å²) in [7, 11) is 5.57. The van der Waals surface area contributed by atoms with Crippen molar-refractivity contribution in [2.75, 3.05) is 27.7 Å². The van der Waals surface area contributed by atoms with Crippen molar-refractivity contribution in [2.45, 2.75) is 50.5 Å². The fraction of sp³-hybridized carbons (Fsp3) is 0.375. The van der Waals surface area contributed by atoms with Crippen molar-refractivity contribution in [3.8, 4) is 0 Å². The molecule has 0 saturated carbocycles. The van der Waals surface area contributed by atoms with E-state index in [-0.39, 0.29) is 18.3 Å². The molecule has 1 amide bonds. The average Bonchev–Trinajstić information content (AvgIpc) is 3.65. The number of methoxy groups -OCH3 is 1. The molecule has 0 aliphatic carbocycles. The van der Waals surface area contributed by atoms with E-state index in [1.54, 1.807) is 7.11 Å². The molecule has 3 aliphatic heterocycles. The summed E-state index contributed by atoms with van der Waals surface area (Å²) in [6.07, 6.45) is 0.758. The Hall–Kier alpha value is -3.92. The third-order valence-electron chi connectivity index (χ3n) is 9.34. The van der Waals surface area contributed by atoms with Crippen molar-refractivity contribution in [3.05, 3.63) is 59.7 Å². The van der Waals surface area contributed by atoms with Gasteiger partial charge in [-0.3, -0.25) is 9.59 Å². The fourth-order valence-corrected chi connectivity index (χ4v) is 7.63. The van der Waals surface area contributed by atoms with Gasteiger partial charge in [0.1, 0.15) is 6.23 Å². The summed E-state index contributed by atoms with van der Waals surface area (Å²) in [6, 6.07) is 16.3. The van der Waals surface area contributed by atoms with E-state index in [0.717, 1.165) is 61.3 Å². The lowest BCUT2D eigenvalue weighted by Gasteiger charge is -2.41. The Bertz CT molecular complexity index is 1950. The summed E-state index contributed by atoms with van der Waals surface area (Å²) in [4.78, 5) is 28.8. The number of para-hydroxylation sites is 2. The summed E-state index contributed by atoms with van der Waals surface area (Å²) < 4.78 is 24.0. The summed E-state index contributed by atoms with van der Waals surface area (Å²) >= 11 is 0. The minimum atomic E-state index is -1.38. The van der Waals surface area contributed by atoms with Gasteiger partial charge in [0.25, 0.3) is 11.7 Å². The highest BCUT2D eigenvalue weighted by Crippen LogP contribution is 2.58. The van der Waals surface area contributed by atoms with Crippen molar-refractivity contribution in [3.63, 3.8) is 0 Å². The summed E-state index contributed by atoms with van der Waals surface area (Å²) in [5, 5.41) is 7.07. The van der Waals surface area contributed by atoms with Crippen molar-refractivity contribution in [1.82, 2.24) is 19.4 Å². The first kappa shape index (κ1) is 24.8. The molecule has 1 unspecified atom stereocenters. The fourth-order valence-electron chi connectivity index (χ4n) is 7.63. The van der Waals surface area contributed by atoms with Gasteiger partial charge < -0.3 is 33.6 Å². The van der Waals surface area contributed by atoms with E-state index in [1.165, 1.54) is 0 Å². The van der Waals surface area contributed by atoms with Gasteiger partial charge in [-0.15, -0.1) is 0 Å². The molecular formula is C32H32N4O5. The van der Waals surface area contributed by atoms with E-state index in [0.29, 0.717) is 19.4 Å². The molecule has 2 bridgehead atoms. The van der Waals surface area contributed by atoms with E-state index < -0.39 is 17.7 Å². The molecule has 5 heterocycles. The van der Waals surface area contributed by atoms with E-state index in [2.05, 4.69) is 43.6 Å². The Labute approximate surface area is 236 Å². The number of nitrogens with zero attached hydrogens (tertiary/aromatic N) is 3. The van der Waals surface area contributed by atoms with Crippen LogP contribution in [0.25, 0.3) is 43.6 Å². The number of benzene rings is 3. The molecule has 41 heavy (non-hydrogen) atoms. The smallest absolute Gasteiger partial charge is 0.308 e. The molecular weight excluding hydrogens is 520 g/mol. The Morgan fingerprint density at radius 3 is 2.51 bits per heavy atom. The van der Waals surface area contributed by atoms with Crippen LogP contribution in [0.2, 0.25) is 0 Å². The maximum atomic E-state index is 13.4. The van der Waals surface area contributed by atoms with Gasteiger partial charge in [-0.05, 0) is 51.7 Å². The first-order valence-corrected chi connectivity index (χ1v) is 14.2. The molecule has 3 aliphatic rings. The van der Waals surface area contributed by atoms with Gasteiger partial charge in [-0.2, -0.15) is 0 Å². The van der Waals surface area contributed by atoms with Crippen LogP contribution in [-0.4, -0.2) is 59.4 Å². The van der Waals surface area contributed by atoms with Crippen molar-refractivity contribution in [2.24, 2.45) is 0 Å². The summed E-state index contributed by atoms with van der Waals surface area (Å²) in [6.45, 7) is 3.20. The average molecular weight is 553 g/mol. The standard InChI is InChI=1S/C32H32N4O5/c1-31-32(39-4,41-24(37)14-9-15-34(2)3)16-23(40-31)35-21-12-7-5-10-18(21)26-27-20(17-33-30(27)38)25-19-11-6-8-13-22(19)36(31)29(25)28(26)35/h5-8,10-13,23H,9,14-17H2,1-4H3,(H,33,38)/t23?,31-,32-/m0/s1. The molecule has 5 aromatic rings. The molecule has 210 valence electrons. The second-order valence-electron chi connectivity index (χ2n) is 11.8. The molecule has 1 saturated heterocycles. The molecule has 3 aromatic carbocycles. The maximum absolute atomic E-state index is 13.4. The van der Waals surface area contributed by atoms with Crippen LogP contribution in [0.4, 0.5) is 0 Å². The predicted molar refractivity (Wildman–Crippen MR) is 156 cm³/mol. The number of hydrogen-bond acceptors (Lipinski definition) is 6. The van der Waals surface area contributed by atoms with E-state index in [4.69, 9.17) is 14.2 Å². The lowest BCUT2D eigenvalue weighted by molar-refractivity contribution is -0.295. The SMILES string of the molecule is CO[C@]1(OC(=O)CCCN(C)C)CC2O[C@]1(C)n1c3ccccc3c3c4c(c5c6ccccc6n2c5c31)C(=O)NC4. The number of ether oxygens (including phenoxy) is 3. The lowest BCUT2D eigenvalue weighted by atomic mass is 9.96. The predicted octanol–water partition coefficient (Wildman–Crippen LogP) is 4.98. The summed E-state index contributed by atoms with van der Waals surface area (Å²) in [5.74, 6) is -1.76. The van der Waals surface area contributed by atoms with Crippen molar-refractivity contribution in [1.29, 1.82) is 0 Å². The zero-order valence-corrected chi connectivity index (χ0v) is 23.6. The van der Waals surface area contributed by atoms with Crippen molar-refractivity contribution >= 4 is 55.5 Å². The van der Waals surface area contributed by atoms with Gasteiger partial charge >= 0.3 is 5.97 Å². The largest absolute Gasteiger partial charge is 0.427 e. The molecule has 9 nitrogen and oxygen atoms in total. The monoisotopic (exact) mass is 552 g/mol. The zero-order valence-electron chi connectivity index (χ0n) is 23.6. The second kappa shape index (κ2) is 8.31. The highest BCUT2D eigenvalue weighted by atomic mass is 16.8. The van der Waals surface area contributed by atoms with Crippen LogP contribution in [0.15, 0.2) is 48.5 Å². The number of rotatable bonds is 6. The normalized spacial score (nSPS) is 24.7. The number of nitrogens with one attached hydrogen (secondary N) is 1. The van der Waals surface area contributed by atoms with Crippen LogP contribution in [0, 0.1) is 0 Å². The number of aromatic nitrogens is 2. The number of carbonyl (C=O) groups excluding carboxylic acids is 2. The van der Waals surface area contributed by atoms with Gasteiger partial charge in [0.2, 0.25) is 5.72 Å². The van der Waals surface area contributed by atoms with Gasteiger partial charge in [0.05, 0.1) is 34.1 Å². The minimum absolute atomic E-state index is 0.0546. The molecule has 1 fully saturated rings. The number of amides is 1. The molecule has 0 spiro atoms. The van der Waals surface area contributed by atoms with Gasteiger partial charge in [-0.25, -0.2) is 0 Å². The third-order valence-corrected chi connectivity index (χ3v) is 9.34. The Kier molecular flexibility index (Phi) is 5.04. The van der Waals surface area contributed by atoms with Gasteiger partial charge in [-0.1, -0.05) is 36.4 Å². The van der Waals surface area contributed by atoms with Crippen LogP contribution in [0.3, 0.4) is 0 Å². The van der Waals surface area contributed by atoms with Crippen LogP contribution < -0.4 is 5.32 Å². The van der Waals surface area contributed by atoms with Crippen molar-refractivity contribution < 1.29 is 23.8 Å². The maximum Gasteiger partial charge on any atom is 0.308 e. The Balaban J connectivity index is 1.48. The van der Waals surface area contributed by atoms with Gasteiger partial charge in [0.15, 0.2) is 0 Å². The molecule has 9 heteroatoms. The molecule has 8 rings (SSSR count). The lowest BCUT2D eigenvalue weighted by Crippen LogP contribution is -2.54. The summed E-state index contributed by atoms with van der Waals surface area (Å²) in [5.41, 5.74) is 4.35. The Morgan fingerprint density at radius 2 is 1.78 bits per heavy atom. The van der Waals surface area contributed by atoms with E-state index in [1.807, 2.05) is 45.3 Å². The number of hydrogen-bond donors (Lipinski definition) is 1. The van der Waals surface area contributed by atoms with Crippen LogP contribution >= 0.6 is 0 Å². The molecule has 0 radical (unpaired) electrons. The molecule has 1 N–H and O–H groups in total. The van der Waals surface area contributed by atoms with Crippen LogP contribution in [0.1, 0.15) is 48.3 Å². The quantitative estimate of drug-likeness (QED) is 0.236. The van der Waals surface area contributed by atoms with Crippen LogP contribution in [0.5, 0.6) is 0 Å². The number of fused-ring (bicyclic) bond motifs is 13. The van der Waals surface area contributed by atoms with Crippen LogP contribution in [-0.2, 0) is 31.3 Å². The van der Waals surface area contributed by atoms with E-state index >= 15 is 0 Å².